The van der Waals surface area contributed by atoms with Crippen LogP contribution in [0, 0.1) is 5.82 Å². The van der Waals surface area contributed by atoms with Crippen molar-refractivity contribution in [2.45, 2.75) is 45.4 Å². The maximum absolute atomic E-state index is 14.3. The average Bonchev–Trinajstić information content (AvgIpc) is 3.50. The fourth-order valence-corrected chi connectivity index (χ4v) is 4.46. The lowest BCUT2D eigenvalue weighted by Crippen LogP contribution is -2.42. The van der Waals surface area contributed by atoms with Gasteiger partial charge in [-0.05, 0) is 45.4 Å². The molecular weight excluding hydrogens is 473 g/mol. The molecule has 4 heterocycles. The number of likely N-dealkylation sites (N-methyl/N-ethyl adjacent to an activating group) is 1. The van der Waals surface area contributed by atoms with E-state index in [0.29, 0.717) is 29.3 Å². The van der Waals surface area contributed by atoms with Crippen molar-refractivity contribution in [3.8, 4) is 11.5 Å². The molecule has 0 spiro atoms. The van der Waals surface area contributed by atoms with Crippen LogP contribution in [0.15, 0.2) is 55.0 Å². The molecule has 1 unspecified atom stereocenters. The van der Waals surface area contributed by atoms with E-state index in [0.717, 1.165) is 24.0 Å². The van der Waals surface area contributed by atoms with Crippen molar-refractivity contribution in [2.75, 3.05) is 25.0 Å². The Morgan fingerprint density at radius 1 is 1.14 bits per heavy atom. The number of pyridine rings is 1. The monoisotopic (exact) mass is 503 g/mol. The Balaban J connectivity index is 1.34. The summed E-state index contributed by atoms with van der Waals surface area (Å²) in [5, 5.41) is 5.50. The zero-order chi connectivity index (χ0) is 26.2. The van der Waals surface area contributed by atoms with E-state index < -0.39 is 5.60 Å². The normalized spacial score (nSPS) is 15.8. The van der Waals surface area contributed by atoms with Gasteiger partial charge in [-0.15, -0.1) is 0 Å². The van der Waals surface area contributed by atoms with Gasteiger partial charge in [-0.25, -0.2) is 28.8 Å². The van der Waals surface area contributed by atoms with Crippen LogP contribution in [-0.4, -0.2) is 67.5 Å². The van der Waals surface area contributed by atoms with Crippen LogP contribution in [0.25, 0.3) is 22.6 Å². The van der Waals surface area contributed by atoms with Crippen molar-refractivity contribution >= 4 is 22.8 Å². The van der Waals surface area contributed by atoms with Crippen LogP contribution in [0.5, 0.6) is 0 Å². The molecule has 0 bridgehead atoms. The van der Waals surface area contributed by atoms with E-state index in [9.17, 15) is 9.18 Å². The lowest BCUT2D eigenvalue weighted by molar-refractivity contribution is 0.0238. The number of aromatic nitrogens is 5. The van der Waals surface area contributed by atoms with Gasteiger partial charge in [0.1, 0.15) is 17.1 Å². The van der Waals surface area contributed by atoms with E-state index >= 15 is 0 Å². The standard InChI is InChI=1S/C27H30FN7O2/c1-27(2,3)37-26(36)33(4)19-11-13-34(17-19)20-14-30-24(31-15-20)23-21-9-7-12-29-25(21)35(32-23)16-18-8-5-6-10-22(18)28/h5-10,12,14-15,19H,11,13,16-17H2,1-4H3. The minimum absolute atomic E-state index is 0.0404. The summed E-state index contributed by atoms with van der Waals surface area (Å²) < 4.78 is 21.5. The van der Waals surface area contributed by atoms with Crippen LogP contribution < -0.4 is 4.90 Å². The van der Waals surface area contributed by atoms with Crippen molar-refractivity contribution < 1.29 is 13.9 Å². The van der Waals surface area contributed by atoms with Crippen molar-refractivity contribution in [1.29, 1.82) is 0 Å². The topological polar surface area (TPSA) is 89.3 Å². The number of rotatable bonds is 5. The van der Waals surface area contributed by atoms with Gasteiger partial charge in [0, 0.05) is 31.9 Å². The van der Waals surface area contributed by atoms with Gasteiger partial charge in [0.2, 0.25) is 0 Å². The summed E-state index contributed by atoms with van der Waals surface area (Å²) in [6, 6.07) is 10.4. The highest BCUT2D eigenvalue weighted by molar-refractivity contribution is 5.89. The molecule has 1 atom stereocenters. The van der Waals surface area contributed by atoms with Gasteiger partial charge in [0.05, 0.1) is 36.1 Å². The predicted molar refractivity (Wildman–Crippen MR) is 139 cm³/mol. The summed E-state index contributed by atoms with van der Waals surface area (Å²) in [5.41, 5.74) is 2.10. The molecule has 1 amide bonds. The van der Waals surface area contributed by atoms with Crippen molar-refractivity contribution in [1.82, 2.24) is 29.6 Å². The van der Waals surface area contributed by atoms with Gasteiger partial charge in [0.25, 0.3) is 0 Å². The molecule has 5 rings (SSSR count). The van der Waals surface area contributed by atoms with Crippen LogP contribution in [0.2, 0.25) is 0 Å². The van der Waals surface area contributed by atoms with E-state index in [-0.39, 0.29) is 24.5 Å². The quantitative estimate of drug-likeness (QED) is 0.396. The van der Waals surface area contributed by atoms with Crippen molar-refractivity contribution in [3.05, 3.63) is 66.4 Å². The van der Waals surface area contributed by atoms with Crippen LogP contribution in [0.1, 0.15) is 32.8 Å². The zero-order valence-electron chi connectivity index (χ0n) is 21.4. The smallest absolute Gasteiger partial charge is 0.410 e. The minimum atomic E-state index is -0.532. The van der Waals surface area contributed by atoms with E-state index in [1.807, 2.05) is 32.9 Å². The molecule has 192 valence electrons. The van der Waals surface area contributed by atoms with E-state index in [1.165, 1.54) is 6.07 Å². The van der Waals surface area contributed by atoms with Crippen LogP contribution in [-0.2, 0) is 11.3 Å². The molecule has 1 fully saturated rings. The SMILES string of the molecule is CN(C(=O)OC(C)(C)C)C1CCN(c2cnc(-c3nn(Cc4ccccc4F)c4ncccc34)nc2)C1. The Kier molecular flexibility index (Phi) is 6.49. The second-order valence-corrected chi connectivity index (χ2v) is 10.2. The minimum Gasteiger partial charge on any atom is -0.444 e. The number of hydrogen-bond donors (Lipinski definition) is 0. The molecular formula is C27H30FN7O2. The number of anilines is 1. The molecule has 3 aromatic heterocycles. The number of halogens is 1. The Morgan fingerprint density at radius 3 is 2.62 bits per heavy atom. The van der Waals surface area contributed by atoms with Crippen LogP contribution >= 0.6 is 0 Å². The maximum Gasteiger partial charge on any atom is 0.410 e. The second-order valence-electron chi connectivity index (χ2n) is 10.2. The molecule has 1 aliphatic heterocycles. The summed E-state index contributed by atoms with van der Waals surface area (Å²) >= 11 is 0. The number of amides is 1. The molecule has 1 saturated heterocycles. The summed E-state index contributed by atoms with van der Waals surface area (Å²) in [6.07, 6.45) is 5.74. The third-order valence-corrected chi connectivity index (χ3v) is 6.39. The van der Waals surface area contributed by atoms with Gasteiger partial charge in [-0.3, -0.25) is 0 Å². The lowest BCUT2D eigenvalue weighted by atomic mass is 10.2. The fraction of sp³-hybridized carbons (Fsp3) is 0.370. The number of hydrogen-bond acceptors (Lipinski definition) is 7. The van der Waals surface area contributed by atoms with Crippen molar-refractivity contribution in [3.63, 3.8) is 0 Å². The summed E-state index contributed by atoms with van der Waals surface area (Å²) in [6.45, 7) is 7.29. The molecule has 0 aliphatic carbocycles. The lowest BCUT2D eigenvalue weighted by Gasteiger charge is -2.28. The number of ether oxygens (including phenoxy) is 1. The highest BCUT2D eigenvalue weighted by Gasteiger charge is 2.31. The summed E-state index contributed by atoms with van der Waals surface area (Å²) in [7, 11) is 1.78. The largest absolute Gasteiger partial charge is 0.444 e. The molecule has 0 saturated carbocycles. The Hall–Kier alpha value is -4.08. The predicted octanol–water partition coefficient (Wildman–Crippen LogP) is 4.52. The molecule has 9 nitrogen and oxygen atoms in total. The third kappa shape index (κ3) is 5.23. The molecule has 4 aromatic rings. The van der Waals surface area contributed by atoms with E-state index in [2.05, 4.69) is 19.9 Å². The molecule has 37 heavy (non-hydrogen) atoms. The third-order valence-electron chi connectivity index (χ3n) is 6.39. The van der Waals surface area contributed by atoms with E-state index in [4.69, 9.17) is 9.84 Å². The average molecular weight is 504 g/mol. The van der Waals surface area contributed by atoms with Gasteiger partial charge in [-0.1, -0.05) is 18.2 Å². The van der Waals surface area contributed by atoms with Gasteiger partial charge < -0.3 is 14.5 Å². The summed E-state index contributed by atoms with van der Waals surface area (Å²) in [5.74, 6) is 0.182. The summed E-state index contributed by atoms with van der Waals surface area (Å²) in [4.78, 5) is 30.0. The number of fused-ring (bicyclic) bond motifs is 1. The Bertz CT molecular complexity index is 1410. The van der Waals surface area contributed by atoms with Crippen LogP contribution in [0.3, 0.4) is 0 Å². The first kappa shape index (κ1) is 24.6. The molecule has 1 aromatic carbocycles. The van der Waals surface area contributed by atoms with Gasteiger partial charge in [0.15, 0.2) is 11.5 Å². The van der Waals surface area contributed by atoms with E-state index in [1.54, 1.807) is 53.4 Å². The Labute approximate surface area is 214 Å². The number of carbonyl (C=O) groups is 1. The molecule has 0 N–H and O–H groups in total. The highest BCUT2D eigenvalue weighted by Crippen LogP contribution is 2.27. The molecule has 10 heteroatoms. The molecule has 0 radical (unpaired) electrons. The first-order valence-corrected chi connectivity index (χ1v) is 12.3. The number of benzene rings is 1. The van der Waals surface area contributed by atoms with Crippen molar-refractivity contribution in [2.24, 2.45) is 0 Å². The molecule has 1 aliphatic rings. The zero-order valence-corrected chi connectivity index (χ0v) is 21.4. The first-order chi connectivity index (χ1) is 17.7. The highest BCUT2D eigenvalue weighted by atomic mass is 19.1. The van der Waals surface area contributed by atoms with Crippen LogP contribution in [0.4, 0.5) is 14.9 Å². The van der Waals surface area contributed by atoms with Gasteiger partial charge in [-0.2, -0.15) is 5.10 Å². The number of nitrogens with zero attached hydrogens (tertiary/aromatic N) is 7. The fourth-order valence-electron chi connectivity index (χ4n) is 4.46. The second kappa shape index (κ2) is 9.76. The first-order valence-electron chi connectivity index (χ1n) is 12.3. The maximum atomic E-state index is 14.3. The van der Waals surface area contributed by atoms with Gasteiger partial charge >= 0.3 is 6.09 Å². The number of carbonyl (C=O) groups excluding carboxylic acids is 1. The Morgan fingerprint density at radius 2 is 1.89 bits per heavy atom.